The summed E-state index contributed by atoms with van der Waals surface area (Å²) in [6.45, 7) is 4.39. The van der Waals surface area contributed by atoms with E-state index in [1.54, 1.807) is 5.29 Å². The molecule has 2 aliphatic carbocycles. The monoisotopic (exact) mass is 531 g/mol. The number of hydrogen-bond donors (Lipinski definition) is 0. The molecule has 5 rings (SSSR count). The van der Waals surface area contributed by atoms with Crippen LogP contribution in [0.1, 0.15) is 53.0 Å². The molecule has 3 aliphatic rings. The Morgan fingerprint density at radius 2 is 1.83 bits per heavy atom. The summed E-state index contributed by atoms with van der Waals surface area (Å²) in [7, 11) is 1.43. The molecule has 0 N–H and O–H groups in total. The molecule has 0 saturated heterocycles. The van der Waals surface area contributed by atoms with E-state index in [4.69, 9.17) is 4.42 Å². The second kappa shape index (κ2) is 11.6. The number of allylic oxidation sites excluding steroid dienone is 7. The third-order valence-electron chi connectivity index (χ3n) is 5.15. The maximum atomic E-state index is 5.96. The molecule has 2 heterocycles. The second-order valence-corrected chi connectivity index (χ2v) is 9.84. The summed E-state index contributed by atoms with van der Waals surface area (Å²) in [4.78, 5) is 0. The van der Waals surface area contributed by atoms with Gasteiger partial charge in [0.05, 0.1) is 0 Å². The van der Waals surface area contributed by atoms with Gasteiger partial charge in [-0.05, 0) is 29.4 Å². The van der Waals surface area contributed by atoms with Crippen molar-refractivity contribution < 1.29 is 54.0 Å². The maximum Gasteiger partial charge on any atom is -1.00 e. The van der Waals surface area contributed by atoms with Crippen LogP contribution < -0.4 is 24.8 Å². The van der Waals surface area contributed by atoms with Gasteiger partial charge in [0.15, 0.2) is 0 Å². The molecule has 1 aliphatic heterocycles. The number of hydrogen-bond acceptors (Lipinski definition) is 1. The standard InChI is InChI=1S/C16H15O.C9H9P.2ClH.Zr/c1-2-5-15-8-9-16(17-15)14-10-12-6-3-4-7-13(12)11-14;1-2-8-6-7-4-3-5-9(7)10-8;;;/h3-4,6-11H,2,5H2,1H3;3-6H,2H2,1H3;2*1H;/q;;;;+2/p-2. The van der Waals surface area contributed by atoms with E-state index in [9.17, 15) is 0 Å². The molecular formula is C25H24Cl2OPZr. The van der Waals surface area contributed by atoms with Gasteiger partial charge in [-0.1, -0.05) is 27.3 Å². The van der Waals surface area contributed by atoms with E-state index in [1.807, 2.05) is 0 Å². The van der Waals surface area contributed by atoms with E-state index < -0.39 is 0 Å². The number of aryl methyl sites for hydroxylation is 1. The van der Waals surface area contributed by atoms with Crippen molar-refractivity contribution in [2.45, 2.75) is 36.7 Å². The predicted molar refractivity (Wildman–Crippen MR) is 117 cm³/mol. The van der Waals surface area contributed by atoms with Gasteiger partial charge in [-0.15, -0.1) is 0 Å². The smallest absolute Gasteiger partial charge is 1.00 e. The Labute approximate surface area is 208 Å². The Kier molecular flexibility index (Phi) is 9.84. The minimum absolute atomic E-state index is 0. The third kappa shape index (κ3) is 5.47. The van der Waals surface area contributed by atoms with Gasteiger partial charge in [-0.3, -0.25) is 0 Å². The first-order chi connectivity index (χ1) is 13.7. The summed E-state index contributed by atoms with van der Waals surface area (Å²) in [5.74, 6) is 2.16. The van der Waals surface area contributed by atoms with Crippen molar-refractivity contribution in [2.75, 3.05) is 0 Å². The molecule has 1 nitrogen and oxygen atoms in total. The van der Waals surface area contributed by atoms with Crippen molar-refractivity contribution in [1.29, 1.82) is 0 Å². The zero-order valence-corrected chi connectivity index (χ0v) is 22.0. The first-order valence-electron chi connectivity index (χ1n) is 9.98. The molecule has 2 aromatic rings. The molecule has 5 heteroatoms. The van der Waals surface area contributed by atoms with E-state index in [-0.39, 0.29) is 24.8 Å². The van der Waals surface area contributed by atoms with Crippen molar-refractivity contribution in [3.63, 3.8) is 0 Å². The number of benzene rings is 1. The van der Waals surface area contributed by atoms with Crippen LogP contribution in [-0.2, 0) is 31.1 Å². The van der Waals surface area contributed by atoms with Gasteiger partial charge in [0.25, 0.3) is 0 Å². The zero-order valence-electron chi connectivity index (χ0n) is 17.2. The number of halogens is 2. The number of furan rings is 1. The summed E-state index contributed by atoms with van der Waals surface area (Å²) < 4.78 is 6.48. The van der Waals surface area contributed by atoms with Crippen LogP contribution in [-0.4, -0.2) is 5.29 Å². The van der Waals surface area contributed by atoms with Crippen molar-refractivity contribution >= 4 is 25.1 Å². The molecule has 0 spiro atoms. The van der Waals surface area contributed by atoms with Gasteiger partial charge < -0.3 is 24.8 Å². The van der Waals surface area contributed by atoms with E-state index >= 15 is 0 Å². The molecule has 0 saturated carbocycles. The van der Waals surface area contributed by atoms with Crippen molar-refractivity contribution in [3.8, 4) is 0 Å². The summed E-state index contributed by atoms with van der Waals surface area (Å²) >= 11 is 1.52. The first kappa shape index (κ1) is 25.4. The maximum absolute atomic E-state index is 5.96. The molecule has 0 amide bonds. The Balaban J connectivity index is 0.000000229. The molecule has 1 atom stereocenters. The van der Waals surface area contributed by atoms with E-state index in [0.29, 0.717) is 3.63 Å². The molecule has 153 valence electrons. The second-order valence-electron chi connectivity index (χ2n) is 7.14. The van der Waals surface area contributed by atoms with Crippen LogP contribution in [0, 0.1) is 0 Å². The summed E-state index contributed by atoms with van der Waals surface area (Å²) in [6, 6.07) is 12.9. The quantitative estimate of drug-likeness (QED) is 0.541. The van der Waals surface area contributed by atoms with Crippen LogP contribution in [0.3, 0.4) is 0 Å². The fraction of sp³-hybridized carbons (Fsp3) is 0.240. The summed E-state index contributed by atoms with van der Waals surface area (Å²) in [6.07, 6.45) is 14.5. The van der Waals surface area contributed by atoms with Crippen LogP contribution in [0.5, 0.6) is 0 Å². The molecule has 1 aromatic heterocycles. The molecule has 0 bridgehead atoms. The molecule has 1 aromatic carbocycles. The average molecular weight is 534 g/mol. The van der Waals surface area contributed by atoms with Gasteiger partial charge in [-0.25, -0.2) is 0 Å². The topological polar surface area (TPSA) is 13.1 Å². The molecule has 1 unspecified atom stereocenters. The van der Waals surface area contributed by atoms with Crippen molar-refractivity contribution in [1.82, 2.24) is 0 Å². The van der Waals surface area contributed by atoms with Gasteiger partial charge >= 0.3 is 123 Å². The van der Waals surface area contributed by atoms with Crippen LogP contribution in [0.2, 0.25) is 0 Å². The number of rotatable bonds is 4. The normalized spacial score (nSPS) is 17.9. The van der Waals surface area contributed by atoms with Crippen LogP contribution in [0.25, 0.3) is 11.6 Å². The first-order valence-corrected chi connectivity index (χ1v) is 12.3. The fourth-order valence-electron chi connectivity index (χ4n) is 3.65. The molecule has 0 radical (unpaired) electrons. The van der Waals surface area contributed by atoms with Crippen LogP contribution >= 0.6 is 8.20 Å². The summed E-state index contributed by atoms with van der Waals surface area (Å²) in [5.41, 5.74) is 5.57. The van der Waals surface area contributed by atoms with Gasteiger partial charge in [0.2, 0.25) is 0 Å². The Bertz CT molecular complexity index is 1040. The average Bonchev–Trinajstić information content (AvgIpc) is 3.46. The van der Waals surface area contributed by atoms with Gasteiger partial charge in [0, 0.05) is 5.31 Å². The van der Waals surface area contributed by atoms with Crippen LogP contribution in [0.4, 0.5) is 0 Å². The minimum Gasteiger partial charge on any atom is -1.00 e. The molecule has 0 fully saturated rings. The SMILES string of the molecule is CCC1=PC2=CC=CC2=C1.CCCc1ccc(C2=Cc3ccccc3[CH]2[Zr+2])o1.[Cl-].[Cl-]. The summed E-state index contributed by atoms with van der Waals surface area (Å²) in [5, 5.41) is 3.03. The Morgan fingerprint density at radius 1 is 1.03 bits per heavy atom. The van der Waals surface area contributed by atoms with E-state index in [1.165, 1.54) is 66.9 Å². The molecule has 30 heavy (non-hydrogen) atoms. The fourth-order valence-corrected chi connectivity index (χ4v) is 5.95. The van der Waals surface area contributed by atoms with Crippen molar-refractivity contribution in [3.05, 3.63) is 94.2 Å². The third-order valence-corrected chi connectivity index (χ3v) is 8.06. The Morgan fingerprint density at radius 3 is 2.53 bits per heavy atom. The van der Waals surface area contributed by atoms with Gasteiger partial charge in [-0.2, -0.15) is 0 Å². The molecular weight excluding hydrogens is 509 g/mol. The Hall–Kier alpha value is -0.907. The largest absolute Gasteiger partial charge is 1.00 e. The zero-order chi connectivity index (χ0) is 19.5. The van der Waals surface area contributed by atoms with E-state index in [0.717, 1.165) is 24.4 Å². The number of fused-ring (bicyclic) bond motifs is 2. The van der Waals surface area contributed by atoms with Crippen molar-refractivity contribution in [2.24, 2.45) is 0 Å². The predicted octanol–water partition coefficient (Wildman–Crippen LogP) is 1.29. The van der Waals surface area contributed by atoms with Gasteiger partial charge in [0.1, 0.15) is 0 Å². The minimum atomic E-state index is 0. The van der Waals surface area contributed by atoms with Crippen LogP contribution in [0.15, 0.2) is 76.0 Å². The van der Waals surface area contributed by atoms with E-state index in [2.05, 4.69) is 80.6 Å².